The van der Waals surface area contributed by atoms with Crippen molar-refractivity contribution < 1.29 is 0 Å². The molecule has 1 aromatic heterocycles. The smallest absolute Gasteiger partial charge is 0.158 e. The Kier molecular flexibility index (Phi) is 5.93. The fraction of sp³-hybridized carbons (Fsp3) is 0.241. The van der Waals surface area contributed by atoms with Gasteiger partial charge in [0.25, 0.3) is 0 Å². The number of nitrogens with one attached hydrogen (secondary N) is 1. The molecule has 5 nitrogen and oxygen atoms in total. The summed E-state index contributed by atoms with van der Waals surface area (Å²) >= 11 is 0. The lowest BCUT2D eigenvalue weighted by atomic mass is 10.0. The summed E-state index contributed by atoms with van der Waals surface area (Å²) in [6.45, 7) is 14.3. The Bertz CT molecular complexity index is 1280. The summed E-state index contributed by atoms with van der Waals surface area (Å²) < 4.78 is 0. The molecule has 172 valence electrons. The van der Waals surface area contributed by atoms with Gasteiger partial charge >= 0.3 is 0 Å². The number of pyridine rings is 1. The molecule has 0 unspecified atom stereocenters. The Hall–Kier alpha value is -3.86. The van der Waals surface area contributed by atoms with Gasteiger partial charge < -0.3 is 15.1 Å². The number of hydrogen-bond acceptors (Lipinski definition) is 5. The minimum absolute atomic E-state index is 0.354. The van der Waals surface area contributed by atoms with Crippen molar-refractivity contribution in [3.05, 3.63) is 90.4 Å². The van der Waals surface area contributed by atoms with Gasteiger partial charge in [-0.2, -0.15) is 0 Å². The van der Waals surface area contributed by atoms with Crippen molar-refractivity contribution in [2.75, 3.05) is 28.2 Å². The van der Waals surface area contributed by atoms with E-state index >= 15 is 0 Å². The molecule has 1 N–H and O–H groups in total. The second-order valence-electron chi connectivity index (χ2n) is 9.01. The summed E-state index contributed by atoms with van der Waals surface area (Å²) in [6.07, 6.45) is 3.82. The predicted octanol–water partition coefficient (Wildman–Crippen LogP) is 6.49. The lowest BCUT2D eigenvalue weighted by Crippen LogP contribution is -2.43. The quantitative estimate of drug-likeness (QED) is 0.419. The van der Waals surface area contributed by atoms with Gasteiger partial charge in [0, 0.05) is 30.5 Å². The number of aryl methyl sites for hydroxylation is 1. The maximum atomic E-state index is 5.15. The highest BCUT2D eigenvalue weighted by Gasteiger charge is 2.38. The van der Waals surface area contributed by atoms with Crippen molar-refractivity contribution in [3.8, 4) is 11.3 Å². The molecular formula is C29H31N5. The van der Waals surface area contributed by atoms with Crippen molar-refractivity contribution in [2.45, 2.75) is 32.7 Å². The Morgan fingerprint density at radius 2 is 2.03 bits per heavy atom. The van der Waals surface area contributed by atoms with E-state index in [-0.39, 0.29) is 0 Å². The first-order valence-electron chi connectivity index (χ1n) is 11.9. The SMILES string of the molecule is C=N/C=C(\CC)c1cccc(NC(=C)N2c3nc(-c4cccc(C)c4)ccc3N3CC[C@@H]2C3)c1. The number of aliphatic imine (C=N–C) groups is 1. The highest BCUT2D eigenvalue weighted by Crippen LogP contribution is 2.42. The van der Waals surface area contributed by atoms with Crippen LogP contribution in [0.2, 0.25) is 0 Å². The molecular weight excluding hydrogens is 418 g/mol. The van der Waals surface area contributed by atoms with E-state index in [9.17, 15) is 0 Å². The van der Waals surface area contributed by atoms with Crippen molar-refractivity contribution in [1.82, 2.24) is 4.98 Å². The third-order valence-corrected chi connectivity index (χ3v) is 6.71. The van der Waals surface area contributed by atoms with E-state index in [2.05, 4.69) is 108 Å². The molecule has 1 atom stereocenters. The Morgan fingerprint density at radius 3 is 2.82 bits per heavy atom. The van der Waals surface area contributed by atoms with E-state index in [1.165, 1.54) is 11.3 Å². The van der Waals surface area contributed by atoms with Crippen molar-refractivity contribution in [1.29, 1.82) is 0 Å². The van der Waals surface area contributed by atoms with Crippen LogP contribution in [0.4, 0.5) is 17.2 Å². The van der Waals surface area contributed by atoms with Crippen LogP contribution in [0.5, 0.6) is 0 Å². The van der Waals surface area contributed by atoms with Gasteiger partial charge in [-0.1, -0.05) is 49.4 Å². The Balaban J connectivity index is 1.48. The number of nitrogens with zero attached hydrogens (tertiary/aromatic N) is 4. The Labute approximate surface area is 202 Å². The molecule has 1 saturated heterocycles. The lowest BCUT2D eigenvalue weighted by Gasteiger charge is -2.38. The fourth-order valence-corrected chi connectivity index (χ4v) is 5.03. The van der Waals surface area contributed by atoms with Crippen LogP contribution < -0.4 is 15.1 Å². The van der Waals surface area contributed by atoms with E-state index in [0.29, 0.717) is 6.04 Å². The van der Waals surface area contributed by atoms with Gasteiger partial charge in [0.2, 0.25) is 0 Å². The average molecular weight is 450 g/mol. The monoisotopic (exact) mass is 449 g/mol. The van der Waals surface area contributed by atoms with Crippen molar-refractivity contribution in [2.24, 2.45) is 4.99 Å². The molecule has 0 radical (unpaired) electrons. The fourth-order valence-electron chi connectivity index (χ4n) is 5.03. The molecule has 5 heteroatoms. The number of rotatable bonds is 7. The summed E-state index contributed by atoms with van der Waals surface area (Å²) in [5.41, 5.74) is 7.83. The number of anilines is 3. The van der Waals surface area contributed by atoms with E-state index in [0.717, 1.165) is 65.7 Å². The zero-order chi connectivity index (χ0) is 23.7. The van der Waals surface area contributed by atoms with Crippen LogP contribution in [-0.2, 0) is 0 Å². The third kappa shape index (κ3) is 4.10. The first-order chi connectivity index (χ1) is 16.6. The standard InChI is InChI=1S/C29H31N5/c1-5-22(18-30-4)23-9-7-11-25(17-23)31-21(3)34-26-14-15-33(19-26)28-13-12-27(32-29(28)34)24-10-6-8-20(2)16-24/h6-13,16-18,26,31H,3-5,14-15,19H2,1-2H3/b22-18+/t26-/m1/s1. The van der Waals surface area contributed by atoms with Gasteiger partial charge in [-0.25, -0.2) is 4.98 Å². The van der Waals surface area contributed by atoms with Crippen molar-refractivity contribution in [3.63, 3.8) is 0 Å². The van der Waals surface area contributed by atoms with Gasteiger partial charge in [-0.15, -0.1) is 0 Å². The third-order valence-electron chi connectivity index (χ3n) is 6.71. The van der Waals surface area contributed by atoms with E-state index in [1.54, 1.807) is 0 Å². The van der Waals surface area contributed by atoms with Gasteiger partial charge in [-0.05, 0) is 68.0 Å². The van der Waals surface area contributed by atoms with Crippen LogP contribution in [-0.4, -0.2) is 30.8 Å². The lowest BCUT2D eigenvalue weighted by molar-refractivity contribution is 0.677. The normalized spacial score (nSPS) is 16.9. The molecule has 0 aliphatic carbocycles. The van der Waals surface area contributed by atoms with E-state index in [1.807, 2.05) is 6.20 Å². The maximum Gasteiger partial charge on any atom is 0.158 e. The second kappa shape index (κ2) is 9.18. The average Bonchev–Trinajstić information content (AvgIpc) is 3.26. The number of aromatic nitrogens is 1. The minimum Gasteiger partial charge on any atom is -0.366 e. The van der Waals surface area contributed by atoms with Crippen LogP contribution >= 0.6 is 0 Å². The molecule has 3 aromatic rings. The Morgan fingerprint density at radius 1 is 1.18 bits per heavy atom. The van der Waals surface area contributed by atoms with E-state index < -0.39 is 0 Å². The molecule has 2 bridgehead atoms. The summed E-state index contributed by atoms with van der Waals surface area (Å²) in [5.74, 6) is 1.83. The summed E-state index contributed by atoms with van der Waals surface area (Å²) in [6, 6.07) is 21.6. The summed E-state index contributed by atoms with van der Waals surface area (Å²) in [4.78, 5) is 13.9. The van der Waals surface area contributed by atoms with Gasteiger partial charge in [0.1, 0.15) is 5.82 Å². The molecule has 0 saturated carbocycles. The molecule has 1 fully saturated rings. The van der Waals surface area contributed by atoms with E-state index in [4.69, 9.17) is 4.98 Å². The van der Waals surface area contributed by atoms with Gasteiger partial charge in [0.05, 0.1) is 17.4 Å². The second-order valence-corrected chi connectivity index (χ2v) is 9.01. The topological polar surface area (TPSA) is 43.8 Å². The molecule has 2 aliphatic heterocycles. The molecule has 2 aliphatic rings. The van der Waals surface area contributed by atoms with Crippen molar-refractivity contribution >= 4 is 29.5 Å². The molecule has 0 amide bonds. The number of fused-ring (bicyclic) bond motifs is 4. The number of allylic oxidation sites excluding steroid dienone is 1. The molecule has 2 aromatic carbocycles. The van der Waals surface area contributed by atoms with Gasteiger partial charge in [-0.3, -0.25) is 4.99 Å². The first-order valence-corrected chi connectivity index (χ1v) is 11.9. The minimum atomic E-state index is 0.354. The molecule has 34 heavy (non-hydrogen) atoms. The highest BCUT2D eigenvalue weighted by atomic mass is 15.4. The zero-order valence-corrected chi connectivity index (χ0v) is 20.0. The van der Waals surface area contributed by atoms with Crippen LogP contribution in [0.1, 0.15) is 30.9 Å². The molecule has 0 spiro atoms. The van der Waals surface area contributed by atoms with Crippen LogP contribution in [0.3, 0.4) is 0 Å². The summed E-state index contributed by atoms with van der Waals surface area (Å²) in [5, 5.41) is 3.56. The van der Waals surface area contributed by atoms with Crippen LogP contribution in [0.15, 0.2) is 84.3 Å². The molecule has 5 rings (SSSR count). The zero-order valence-electron chi connectivity index (χ0n) is 20.0. The number of benzene rings is 2. The predicted molar refractivity (Wildman–Crippen MR) is 145 cm³/mol. The van der Waals surface area contributed by atoms with Crippen LogP contribution in [0, 0.1) is 6.92 Å². The maximum absolute atomic E-state index is 5.15. The van der Waals surface area contributed by atoms with Gasteiger partial charge in [0.15, 0.2) is 5.82 Å². The first kappa shape index (κ1) is 22.0. The molecule has 3 heterocycles. The largest absolute Gasteiger partial charge is 0.366 e. The summed E-state index contributed by atoms with van der Waals surface area (Å²) in [7, 11) is 0. The van der Waals surface area contributed by atoms with Crippen LogP contribution in [0.25, 0.3) is 16.8 Å². The highest BCUT2D eigenvalue weighted by molar-refractivity contribution is 5.78. The number of hydrogen-bond donors (Lipinski definition) is 1.